The van der Waals surface area contributed by atoms with Crippen molar-refractivity contribution in [2.45, 2.75) is 27.0 Å². The first-order valence-electron chi connectivity index (χ1n) is 6.59. The number of nitrogen functional groups attached to an aromatic ring is 1. The minimum absolute atomic E-state index is 0.0323. The standard InChI is InChI=1S/C14H18N4O3/c1-9(2)6-18-13(16-8-17-18)7-21-12-4-3-10(15)5-11(12)14(19)20/h3-5,8-9H,6-7,15H2,1-2H3,(H,19,20). The van der Waals surface area contributed by atoms with Gasteiger partial charge in [-0.3, -0.25) is 0 Å². The predicted octanol–water partition coefficient (Wildman–Crippen LogP) is 1.79. The van der Waals surface area contributed by atoms with Gasteiger partial charge in [-0.1, -0.05) is 13.8 Å². The molecule has 7 nitrogen and oxygen atoms in total. The fraction of sp³-hybridized carbons (Fsp3) is 0.357. The molecule has 0 amide bonds. The first-order chi connectivity index (χ1) is 9.97. The lowest BCUT2D eigenvalue weighted by atomic mass is 10.2. The van der Waals surface area contributed by atoms with Crippen LogP contribution in [0.3, 0.4) is 0 Å². The lowest BCUT2D eigenvalue weighted by molar-refractivity contribution is 0.0691. The number of nitrogens with zero attached hydrogens (tertiary/aromatic N) is 3. The fourth-order valence-electron chi connectivity index (χ4n) is 1.88. The van der Waals surface area contributed by atoms with Crippen LogP contribution < -0.4 is 10.5 Å². The third-order valence-corrected chi connectivity index (χ3v) is 2.82. The van der Waals surface area contributed by atoms with Gasteiger partial charge in [0.2, 0.25) is 0 Å². The van der Waals surface area contributed by atoms with Gasteiger partial charge < -0.3 is 15.6 Å². The van der Waals surface area contributed by atoms with Crippen molar-refractivity contribution in [3.63, 3.8) is 0 Å². The molecule has 2 rings (SSSR count). The van der Waals surface area contributed by atoms with Gasteiger partial charge in [0.1, 0.15) is 24.2 Å². The van der Waals surface area contributed by atoms with Crippen molar-refractivity contribution < 1.29 is 14.6 Å². The molecule has 0 fully saturated rings. The minimum atomic E-state index is -1.08. The quantitative estimate of drug-likeness (QED) is 0.786. The topological polar surface area (TPSA) is 103 Å². The second kappa shape index (κ2) is 6.25. The van der Waals surface area contributed by atoms with Gasteiger partial charge in [0.15, 0.2) is 5.82 Å². The highest BCUT2D eigenvalue weighted by atomic mass is 16.5. The summed E-state index contributed by atoms with van der Waals surface area (Å²) in [5.41, 5.74) is 6.00. The first kappa shape index (κ1) is 14.8. The van der Waals surface area contributed by atoms with Crippen molar-refractivity contribution >= 4 is 11.7 Å². The molecule has 0 aliphatic heterocycles. The number of carboxylic acids is 1. The number of nitrogens with two attached hydrogens (primary N) is 1. The van der Waals surface area contributed by atoms with Crippen LogP contribution in [0.1, 0.15) is 30.0 Å². The van der Waals surface area contributed by atoms with Crippen LogP contribution in [0, 0.1) is 5.92 Å². The Morgan fingerprint density at radius 1 is 1.48 bits per heavy atom. The lowest BCUT2D eigenvalue weighted by Gasteiger charge is -2.11. The number of carbonyl (C=O) groups is 1. The van der Waals surface area contributed by atoms with Gasteiger partial charge in [-0.2, -0.15) is 5.10 Å². The van der Waals surface area contributed by atoms with E-state index in [1.807, 2.05) is 0 Å². The number of hydrogen-bond acceptors (Lipinski definition) is 5. The second-order valence-electron chi connectivity index (χ2n) is 5.10. The van der Waals surface area contributed by atoms with Crippen LogP contribution in [0.15, 0.2) is 24.5 Å². The Hall–Kier alpha value is -2.57. The Bertz CT molecular complexity index is 637. The molecule has 0 saturated heterocycles. The predicted molar refractivity (Wildman–Crippen MR) is 77.0 cm³/mol. The van der Waals surface area contributed by atoms with Crippen molar-refractivity contribution in [2.24, 2.45) is 5.92 Å². The van der Waals surface area contributed by atoms with Crippen LogP contribution in [0.4, 0.5) is 5.69 Å². The number of ether oxygens (including phenoxy) is 1. The zero-order valence-electron chi connectivity index (χ0n) is 12.0. The molecule has 0 spiro atoms. The minimum Gasteiger partial charge on any atom is -0.485 e. The molecule has 0 radical (unpaired) electrons. The number of carboxylic acid groups (broad SMARTS) is 1. The van der Waals surface area contributed by atoms with Crippen LogP contribution in [-0.4, -0.2) is 25.8 Å². The number of hydrogen-bond donors (Lipinski definition) is 2. The second-order valence-corrected chi connectivity index (χ2v) is 5.10. The molecule has 0 saturated carbocycles. The summed E-state index contributed by atoms with van der Waals surface area (Å²) in [7, 11) is 0. The molecule has 2 aromatic rings. The van der Waals surface area contributed by atoms with Crippen molar-refractivity contribution in [1.29, 1.82) is 0 Å². The molecular formula is C14H18N4O3. The zero-order valence-corrected chi connectivity index (χ0v) is 12.0. The van der Waals surface area contributed by atoms with E-state index in [-0.39, 0.29) is 17.9 Å². The molecule has 0 bridgehead atoms. The molecule has 7 heteroatoms. The summed E-state index contributed by atoms with van der Waals surface area (Å²) in [6.07, 6.45) is 1.46. The van der Waals surface area contributed by atoms with Crippen LogP contribution in [-0.2, 0) is 13.2 Å². The highest BCUT2D eigenvalue weighted by Crippen LogP contribution is 2.22. The summed E-state index contributed by atoms with van der Waals surface area (Å²) >= 11 is 0. The lowest BCUT2D eigenvalue weighted by Crippen LogP contribution is -2.13. The van der Waals surface area contributed by atoms with E-state index < -0.39 is 5.97 Å². The van der Waals surface area contributed by atoms with E-state index in [1.165, 1.54) is 12.4 Å². The highest BCUT2D eigenvalue weighted by molar-refractivity contribution is 5.92. The molecular weight excluding hydrogens is 272 g/mol. The average Bonchev–Trinajstić information content (AvgIpc) is 2.83. The van der Waals surface area contributed by atoms with Crippen LogP contribution in [0.5, 0.6) is 5.75 Å². The third kappa shape index (κ3) is 3.71. The Kier molecular flexibility index (Phi) is 4.42. The molecule has 3 N–H and O–H groups in total. The van der Waals surface area contributed by atoms with Crippen molar-refractivity contribution in [3.05, 3.63) is 35.9 Å². The maximum atomic E-state index is 11.2. The molecule has 112 valence electrons. The van der Waals surface area contributed by atoms with Gasteiger partial charge >= 0.3 is 5.97 Å². The summed E-state index contributed by atoms with van der Waals surface area (Å²) in [5.74, 6) is 0.255. The summed E-state index contributed by atoms with van der Waals surface area (Å²) in [4.78, 5) is 15.3. The van der Waals surface area contributed by atoms with Crippen LogP contribution in [0.2, 0.25) is 0 Å². The number of aromatic carboxylic acids is 1. The SMILES string of the molecule is CC(C)Cn1ncnc1COc1ccc(N)cc1C(=O)O. The van der Waals surface area contributed by atoms with E-state index in [4.69, 9.17) is 15.6 Å². The molecule has 0 atom stereocenters. The Morgan fingerprint density at radius 3 is 2.90 bits per heavy atom. The first-order valence-corrected chi connectivity index (χ1v) is 6.59. The maximum absolute atomic E-state index is 11.2. The van der Waals surface area contributed by atoms with Gasteiger partial charge in [0, 0.05) is 12.2 Å². The van der Waals surface area contributed by atoms with Crippen molar-refractivity contribution in [2.75, 3.05) is 5.73 Å². The van der Waals surface area contributed by atoms with E-state index in [1.54, 1.807) is 16.8 Å². The number of anilines is 1. The molecule has 0 aliphatic carbocycles. The Morgan fingerprint density at radius 2 is 2.24 bits per heavy atom. The fourth-order valence-corrected chi connectivity index (χ4v) is 1.88. The molecule has 0 aliphatic rings. The normalized spacial score (nSPS) is 10.8. The summed E-state index contributed by atoms with van der Waals surface area (Å²) in [6.45, 7) is 5.03. The average molecular weight is 290 g/mol. The van der Waals surface area contributed by atoms with E-state index in [2.05, 4.69) is 23.9 Å². The van der Waals surface area contributed by atoms with Crippen LogP contribution in [0.25, 0.3) is 0 Å². The highest BCUT2D eigenvalue weighted by Gasteiger charge is 2.13. The van der Waals surface area contributed by atoms with E-state index in [0.717, 1.165) is 6.54 Å². The van der Waals surface area contributed by atoms with Gasteiger partial charge in [-0.25, -0.2) is 14.5 Å². The van der Waals surface area contributed by atoms with Crippen molar-refractivity contribution in [3.8, 4) is 5.75 Å². The molecule has 1 aromatic heterocycles. The Balaban J connectivity index is 2.14. The van der Waals surface area contributed by atoms with Crippen molar-refractivity contribution in [1.82, 2.24) is 14.8 Å². The molecule has 1 heterocycles. The largest absolute Gasteiger partial charge is 0.485 e. The van der Waals surface area contributed by atoms with Gasteiger partial charge in [-0.05, 0) is 24.1 Å². The molecule has 0 unspecified atom stereocenters. The Labute approximate surface area is 122 Å². The number of aromatic nitrogens is 3. The maximum Gasteiger partial charge on any atom is 0.339 e. The summed E-state index contributed by atoms with van der Waals surface area (Å²) < 4.78 is 7.31. The number of rotatable bonds is 6. The van der Waals surface area contributed by atoms with Gasteiger partial charge in [0.05, 0.1) is 0 Å². The van der Waals surface area contributed by atoms with E-state index >= 15 is 0 Å². The number of benzene rings is 1. The summed E-state index contributed by atoms with van der Waals surface area (Å²) in [6, 6.07) is 4.51. The smallest absolute Gasteiger partial charge is 0.339 e. The summed E-state index contributed by atoms with van der Waals surface area (Å²) in [5, 5.41) is 13.3. The van der Waals surface area contributed by atoms with Gasteiger partial charge in [0.25, 0.3) is 0 Å². The van der Waals surface area contributed by atoms with E-state index in [0.29, 0.717) is 17.4 Å². The van der Waals surface area contributed by atoms with Crippen LogP contribution >= 0.6 is 0 Å². The monoisotopic (exact) mass is 290 g/mol. The zero-order chi connectivity index (χ0) is 15.4. The van der Waals surface area contributed by atoms with E-state index in [9.17, 15) is 4.79 Å². The molecule has 21 heavy (non-hydrogen) atoms. The third-order valence-electron chi connectivity index (χ3n) is 2.82. The molecule has 1 aromatic carbocycles. The van der Waals surface area contributed by atoms with Gasteiger partial charge in [-0.15, -0.1) is 0 Å².